The fourth-order valence-electron chi connectivity index (χ4n) is 3.18. The summed E-state index contributed by atoms with van der Waals surface area (Å²) in [7, 11) is 0. The minimum atomic E-state index is -0.689. The standard InChI is InChI=1S/C17H23NO3/c19-17(20)11-16(14-4-5-14)15-3-1-2-13(10-15)12-18-6-8-21-9-7-18/h1-3,10,14,16H,4-9,11-12H2,(H,19,20). The van der Waals surface area contributed by atoms with E-state index >= 15 is 0 Å². The first kappa shape index (κ1) is 14.5. The number of carbonyl (C=O) groups is 1. The predicted molar refractivity (Wildman–Crippen MR) is 80.3 cm³/mol. The summed E-state index contributed by atoms with van der Waals surface area (Å²) in [5.74, 6) is 0.0670. The van der Waals surface area contributed by atoms with Gasteiger partial charge in [0.2, 0.25) is 0 Å². The molecule has 1 saturated heterocycles. The Balaban J connectivity index is 1.70. The Hall–Kier alpha value is -1.39. The van der Waals surface area contributed by atoms with Crippen molar-refractivity contribution in [3.05, 3.63) is 35.4 Å². The average Bonchev–Trinajstić information content (AvgIpc) is 3.30. The number of rotatable bonds is 6. The highest BCUT2D eigenvalue weighted by Crippen LogP contribution is 2.44. The number of carboxylic acids is 1. The predicted octanol–water partition coefficient (Wildman–Crippen LogP) is 2.49. The highest BCUT2D eigenvalue weighted by Gasteiger charge is 2.33. The molecule has 2 fully saturated rings. The number of morpholine rings is 1. The van der Waals surface area contributed by atoms with Crippen molar-refractivity contribution in [2.45, 2.75) is 31.7 Å². The largest absolute Gasteiger partial charge is 0.481 e. The zero-order valence-corrected chi connectivity index (χ0v) is 12.3. The molecule has 1 N–H and O–H groups in total. The van der Waals surface area contributed by atoms with Crippen molar-refractivity contribution >= 4 is 5.97 Å². The molecule has 4 heteroatoms. The van der Waals surface area contributed by atoms with Gasteiger partial charge in [-0.05, 0) is 35.8 Å². The molecule has 1 aliphatic carbocycles. The lowest BCUT2D eigenvalue weighted by Crippen LogP contribution is -2.35. The minimum Gasteiger partial charge on any atom is -0.481 e. The fraction of sp³-hybridized carbons (Fsp3) is 0.588. The third-order valence-electron chi connectivity index (χ3n) is 4.47. The van der Waals surface area contributed by atoms with Crippen LogP contribution in [-0.2, 0) is 16.1 Å². The fourth-order valence-corrected chi connectivity index (χ4v) is 3.18. The second kappa shape index (κ2) is 6.58. The molecule has 114 valence electrons. The van der Waals surface area contributed by atoms with Crippen LogP contribution >= 0.6 is 0 Å². The molecule has 0 bridgehead atoms. The van der Waals surface area contributed by atoms with Crippen molar-refractivity contribution in [2.75, 3.05) is 26.3 Å². The lowest BCUT2D eigenvalue weighted by atomic mass is 9.90. The molecule has 21 heavy (non-hydrogen) atoms. The van der Waals surface area contributed by atoms with Crippen LogP contribution in [0.25, 0.3) is 0 Å². The van der Waals surface area contributed by atoms with Crippen LogP contribution in [0, 0.1) is 5.92 Å². The van der Waals surface area contributed by atoms with Crippen molar-refractivity contribution in [3.8, 4) is 0 Å². The molecule has 1 unspecified atom stereocenters. The number of hydrogen-bond donors (Lipinski definition) is 1. The molecule has 1 aromatic rings. The summed E-state index contributed by atoms with van der Waals surface area (Å²) in [4.78, 5) is 13.5. The Labute approximate surface area is 125 Å². The molecule has 0 aromatic heterocycles. The summed E-state index contributed by atoms with van der Waals surface area (Å²) in [6.07, 6.45) is 2.60. The molecule has 1 atom stereocenters. The molecule has 4 nitrogen and oxygen atoms in total. The Kier molecular flexibility index (Phi) is 4.56. The van der Waals surface area contributed by atoms with Crippen LogP contribution in [0.1, 0.15) is 36.3 Å². The van der Waals surface area contributed by atoms with E-state index in [4.69, 9.17) is 9.84 Å². The summed E-state index contributed by atoms with van der Waals surface area (Å²) in [5.41, 5.74) is 2.48. The smallest absolute Gasteiger partial charge is 0.303 e. The maximum Gasteiger partial charge on any atom is 0.303 e. The molecule has 2 aliphatic rings. The lowest BCUT2D eigenvalue weighted by Gasteiger charge is -2.27. The van der Waals surface area contributed by atoms with Crippen molar-refractivity contribution in [1.82, 2.24) is 4.90 Å². The van der Waals surface area contributed by atoms with E-state index in [1.54, 1.807) is 0 Å². The number of benzene rings is 1. The van der Waals surface area contributed by atoms with Gasteiger partial charge in [0.1, 0.15) is 0 Å². The lowest BCUT2D eigenvalue weighted by molar-refractivity contribution is -0.137. The maximum absolute atomic E-state index is 11.1. The van der Waals surface area contributed by atoms with Gasteiger partial charge in [-0.1, -0.05) is 24.3 Å². The summed E-state index contributed by atoms with van der Waals surface area (Å²) in [5, 5.41) is 9.13. The van der Waals surface area contributed by atoms with Crippen molar-refractivity contribution in [1.29, 1.82) is 0 Å². The molecule has 0 spiro atoms. The van der Waals surface area contributed by atoms with Crippen LogP contribution in [0.2, 0.25) is 0 Å². The summed E-state index contributed by atoms with van der Waals surface area (Å²) < 4.78 is 5.38. The molecule has 3 rings (SSSR count). The molecule has 1 aromatic carbocycles. The van der Waals surface area contributed by atoms with Crippen LogP contribution in [0.15, 0.2) is 24.3 Å². The van der Waals surface area contributed by atoms with Crippen LogP contribution in [0.4, 0.5) is 0 Å². The summed E-state index contributed by atoms with van der Waals surface area (Å²) >= 11 is 0. The second-order valence-corrected chi connectivity index (χ2v) is 6.18. The molecule has 1 saturated carbocycles. The van der Waals surface area contributed by atoms with Gasteiger partial charge < -0.3 is 9.84 Å². The normalized spacial score (nSPS) is 21.1. The van der Waals surface area contributed by atoms with Gasteiger partial charge in [0.15, 0.2) is 0 Å². The number of aliphatic carboxylic acids is 1. The van der Waals surface area contributed by atoms with Crippen LogP contribution in [0.5, 0.6) is 0 Å². The van der Waals surface area contributed by atoms with Crippen LogP contribution in [0.3, 0.4) is 0 Å². The van der Waals surface area contributed by atoms with E-state index < -0.39 is 5.97 Å². The highest BCUT2D eigenvalue weighted by molar-refractivity contribution is 5.68. The quantitative estimate of drug-likeness (QED) is 0.874. The van der Waals surface area contributed by atoms with E-state index in [0.29, 0.717) is 5.92 Å². The van der Waals surface area contributed by atoms with Gasteiger partial charge >= 0.3 is 5.97 Å². The first-order chi connectivity index (χ1) is 10.2. The van der Waals surface area contributed by atoms with E-state index in [2.05, 4.69) is 29.2 Å². The van der Waals surface area contributed by atoms with E-state index in [-0.39, 0.29) is 12.3 Å². The van der Waals surface area contributed by atoms with Crippen molar-refractivity contribution in [2.24, 2.45) is 5.92 Å². The highest BCUT2D eigenvalue weighted by atomic mass is 16.5. The Morgan fingerprint density at radius 1 is 1.33 bits per heavy atom. The average molecular weight is 289 g/mol. The third kappa shape index (κ3) is 4.05. The number of carboxylic acid groups (broad SMARTS) is 1. The Bertz CT molecular complexity index is 493. The maximum atomic E-state index is 11.1. The zero-order chi connectivity index (χ0) is 14.7. The van der Waals surface area contributed by atoms with E-state index in [9.17, 15) is 4.79 Å². The molecule has 1 heterocycles. The third-order valence-corrected chi connectivity index (χ3v) is 4.47. The zero-order valence-electron chi connectivity index (χ0n) is 12.3. The van der Waals surface area contributed by atoms with Gasteiger partial charge in [0, 0.05) is 19.6 Å². The Morgan fingerprint density at radius 2 is 2.10 bits per heavy atom. The van der Waals surface area contributed by atoms with Gasteiger partial charge in [-0.2, -0.15) is 0 Å². The minimum absolute atomic E-state index is 0.187. The molecular weight excluding hydrogens is 266 g/mol. The molecular formula is C17H23NO3. The Morgan fingerprint density at radius 3 is 2.76 bits per heavy atom. The van der Waals surface area contributed by atoms with Crippen molar-refractivity contribution in [3.63, 3.8) is 0 Å². The van der Waals surface area contributed by atoms with E-state index in [1.807, 2.05) is 0 Å². The topological polar surface area (TPSA) is 49.8 Å². The molecule has 0 amide bonds. The number of nitrogens with zero attached hydrogens (tertiary/aromatic N) is 1. The van der Waals surface area contributed by atoms with Crippen molar-refractivity contribution < 1.29 is 14.6 Å². The van der Waals surface area contributed by atoms with E-state index in [0.717, 1.165) is 32.8 Å². The van der Waals surface area contributed by atoms with Crippen LogP contribution < -0.4 is 0 Å². The SMILES string of the molecule is O=C(O)CC(c1cccc(CN2CCOCC2)c1)C1CC1. The molecule has 0 radical (unpaired) electrons. The first-order valence-corrected chi connectivity index (χ1v) is 7.83. The molecule has 1 aliphatic heterocycles. The number of hydrogen-bond acceptors (Lipinski definition) is 3. The van der Waals surface area contributed by atoms with E-state index in [1.165, 1.54) is 24.0 Å². The summed E-state index contributed by atoms with van der Waals surface area (Å²) in [6.45, 7) is 4.51. The van der Waals surface area contributed by atoms with Crippen LogP contribution in [-0.4, -0.2) is 42.3 Å². The van der Waals surface area contributed by atoms with Gasteiger partial charge in [0.25, 0.3) is 0 Å². The van der Waals surface area contributed by atoms with Gasteiger partial charge in [0.05, 0.1) is 19.6 Å². The first-order valence-electron chi connectivity index (χ1n) is 7.83. The summed E-state index contributed by atoms with van der Waals surface area (Å²) in [6, 6.07) is 8.52. The van der Waals surface area contributed by atoms with Gasteiger partial charge in [-0.15, -0.1) is 0 Å². The van der Waals surface area contributed by atoms with Gasteiger partial charge in [-0.3, -0.25) is 9.69 Å². The monoisotopic (exact) mass is 289 g/mol. The second-order valence-electron chi connectivity index (χ2n) is 6.18. The number of ether oxygens (including phenoxy) is 1. The van der Waals surface area contributed by atoms with Gasteiger partial charge in [-0.25, -0.2) is 0 Å².